The van der Waals surface area contributed by atoms with Crippen molar-refractivity contribution in [3.05, 3.63) is 24.3 Å². The number of carbonyl (C=O) groups is 1. The predicted molar refractivity (Wildman–Crippen MR) is 164 cm³/mol. The first-order valence-corrected chi connectivity index (χ1v) is 17.3. The topological polar surface area (TPSA) is 117 Å². The van der Waals surface area contributed by atoms with E-state index in [-0.39, 0.29) is 32.3 Å². The van der Waals surface area contributed by atoms with Crippen LogP contribution in [0.5, 0.6) is 0 Å². The smallest absolute Gasteiger partial charge is 0.457 e. The Morgan fingerprint density at radius 2 is 1.35 bits per heavy atom. The number of hydrogen-bond donors (Lipinski definition) is 2. The van der Waals surface area contributed by atoms with Crippen molar-refractivity contribution in [1.82, 2.24) is 0 Å². The van der Waals surface area contributed by atoms with Crippen LogP contribution in [-0.2, 0) is 27.9 Å². The highest BCUT2D eigenvalue weighted by atomic mass is 31.2. The number of unbranched alkanes of at least 4 members (excludes halogenated alkanes) is 13. The van der Waals surface area contributed by atoms with E-state index in [1.807, 2.05) is 0 Å². The third kappa shape index (κ3) is 28.5. The summed E-state index contributed by atoms with van der Waals surface area (Å²) in [6.45, 7) is 4.77. The summed E-state index contributed by atoms with van der Waals surface area (Å²) < 4.78 is 33.0. The number of rotatable bonds is 30. The average Bonchev–Trinajstić information content (AvgIpc) is 2.94. The van der Waals surface area contributed by atoms with E-state index in [4.69, 9.17) is 24.3 Å². The largest absolute Gasteiger partial charge is 0.472 e. The summed E-state index contributed by atoms with van der Waals surface area (Å²) in [5, 5.41) is 0. The van der Waals surface area contributed by atoms with Crippen LogP contribution in [-0.4, -0.2) is 49.9 Å². The van der Waals surface area contributed by atoms with Crippen molar-refractivity contribution < 1.29 is 32.8 Å². The van der Waals surface area contributed by atoms with E-state index < -0.39 is 13.9 Å². The Morgan fingerprint density at radius 3 is 2.02 bits per heavy atom. The second-order valence-corrected chi connectivity index (χ2v) is 11.8. The molecule has 8 nitrogen and oxygen atoms in total. The van der Waals surface area contributed by atoms with E-state index in [0.717, 1.165) is 44.9 Å². The van der Waals surface area contributed by atoms with Gasteiger partial charge in [0, 0.05) is 19.6 Å². The lowest BCUT2D eigenvalue weighted by molar-refractivity contribution is -0.154. The molecule has 0 fully saturated rings. The number of phosphoric ester groups is 1. The Bertz CT molecular complexity index is 672. The molecule has 0 radical (unpaired) electrons. The molecule has 0 aromatic rings. The van der Waals surface area contributed by atoms with Gasteiger partial charge in [0.25, 0.3) is 0 Å². The Labute approximate surface area is 245 Å². The lowest BCUT2D eigenvalue weighted by Gasteiger charge is -2.20. The van der Waals surface area contributed by atoms with Crippen molar-refractivity contribution in [2.45, 2.75) is 136 Å². The summed E-state index contributed by atoms with van der Waals surface area (Å²) in [6, 6.07) is 0. The van der Waals surface area contributed by atoms with Gasteiger partial charge in [0.1, 0.15) is 6.10 Å². The molecule has 9 heteroatoms. The van der Waals surface area contributed by atoms with Gasteiger partial charge in [0.05, 0.1) is 19.8 Å². The highest BCUT2D eigenvalue weighted by molar-refractivity contribution is 7.47. The first-order valence-electron chi connectivity index (χ1n) is 15.8. The lowest BCUT2D eigenvalue weighted by atomic mass is 10.1. The fourth-order valence-corrected chi connectivity index (χ4v) is 4.78. The first kappa shape index (κ1) is 39.0. The molecule has 0 spiro atoms. The third-order valence-corrected chi connectivity index (χ3v) is 7.36. The number of hydrogen-bond acceptors (Lipinski definition) is 7. The van der Waals surface area contributed by atoms with E-state index in [2.05, 4.69) is 38.2 Å². The van der Waals surface area contributed by atoms with Crippen molar-refractivity contribution >= 4 is 13.8 Å². The standard InChI is InChI=1S/C31H60NO7P/c1-3-5-7-9-11-12-13-14-15-16-17-18-19-21-23-26-36-28-30(29-38-40(34,35)37-27-25-32)39-31(33)24-22-20-10-8-6-4-2/h9,11,13-14,30H,3-8,10,12,15-29,32H2,1-2H3,(H,34,35)/b11-9-,14-13-. The Morgan fingerprint density at radius 1 is 0.750 bits per heavy atom. The molecule has 0 aromatic carbocycles. The molecular weight excluding hydrogens is 529 g/mol. The highest BCUT2D eigenvalue weighted by Crippen LogP contribution is 2.43. The van der Waals surface area contributed by atoms with Crippen LogP contribution in [0.2, 0.25) is 0 Å². The summed E-state index contributed by atoms with van der Waals surface area (Å²) >= 11 is 0. The second-order valence-electron chi connectivity index (χ2n) is 10.3. The number of phosphoric acid groups is 1. The van der Waals surface area contributed by atoms with Gasteiger partial charge in [-0.05, 0) is 38.5 Å². The predicted octanol–water partition coefficient (Wildman–Crippen LogP) is 8.18. The van der Waals surface area contributed by atoms with Crippen molar-refractivity contribution in [2.75, 3.05) is 33.0 Å². The van der Waals surface area contributed by atoms with Crippen molar-refractivity contribution in [2.24, 2.45) is 5.73 Å². The van der Waals surface area contributed by atoms with Crippen molar-refractivity contribution in [3.63, 3.8) is 0 Å². The number of esters is 1. The van der Waals surface area contributed by atoms with Crippen LogP contribution in [0.4, 0.5) is 0 Å². The molecule has 0 aliphatic heterocycles. The summed E-state index contributed by atoms with van der Waals surface area (Å²) in [5.74, 6) is -0.346. The fraction of sp³-hybridized carbons (Fsp3) is 0.839. The van der Waals surface area contributed by atoms with Gasteiger partial charge in [0.2, 0.25) is 0 Å². The summed E-state index contributed by atoms with van der Waals surface area (Å²) in [4.78, 5) is 22.1. The molecule has 0 saturated carbocycles. The van der Waals surface area contributed by atoms with Crippen molar-refractivity contribution in [3.8, 4) is 0 Å². The maximum absolute atomic E-state index is 12.3. The van der Waals surface area contributed by atoms with Gasteiger partial charge in [-0.2, -0.15) is 0 Å². The van der Waals surface area contributed by atoms with E-state index >= 15 is 0 Å². The highest BCUT2D eigenvalue weighted by Gasteiger charge is 2.25. The minimum atomic E-state index is -4.25. The zero-order valence-corrected chi connectivity index (χ0v) is 26.5. The maximum Gasteiger partial charge on any atom is 0.472 e. The SMILES string of the molecule is CCCC/C=C\C/C=C\CCCCCCCCOCC(COP(=O)(O)OCCN)OC(=O)CCCCCCCC. The molecular formula is C31H60NO7P. The van der Waals surface area contributed by atoms with Crippen LogP contribution in [0.1, 0.15) is 129 Å². The number of ether oxygens (including phenoxy) is 2. The van der Waals surface area contributed by atoms with Crippen LogP contribution < -0.4 is 5.73 Å². The Hall–Kier alpha value is -1.02. The molecule has 0 saturated heterocycles. The van der Waals surface area contributed by atoms with Gasteiger partial charge in [-0.3, -0.25) is 13.8 Å². The lowest BCUT2D eigenvalue weighted by Crippen LogP contribution is -2.28. The van der Waals surface area contributed by atoms with E-state index in [0.29, 0.717) is 13.0 Å². The Kier molecular flexibility index (Phi) is 28.7. The Balaban J connectivity index is 4.09. The molecule has 2 unspecified atom stereocenters. The molecule has 40 heavy (non-hydrogen) atoms. The second kappa shape index (κ2) is 29.5. The zero-order valence-electron chi connectivity index (χ0n) is 25.6. The van der Waals surface area contributed by atoms with Crippen LogP contribution in [0.15, 0.2) is 24.3 Å². The van der Waals surface area contributed by atoms with Gasteiger partial charge in [-0.15, -0.1) is 0 Å². The molecule has 0 heterocycles. The van der Waals surface area contributed by atoms with Crippen molar-refractivity contribution in [1.29, 1.82) is 0 Å². The van der Waals surface area contributed by atoms with Gasteiger partial charge in [-0.1, -0.05) is 109 Å². The van der Waals surface area contributed by atoms with E-state index in [9.17, 15) is 14.3 Å². The average molecular weight is 590 g/mol. The molecule has 0 aromatic heterocycles. The van der Waals surface area contributed by atoms with Gasteiger partial charge >= 0.3 is 13.8 Å². The molecule has 2 atom stereocenters. The molecule has 0 aliphatic rings. The van der Waals surface area contributed by atoms with Gasteiger partial charge in [-0.25, -0.2) is 4.57 Å². The van der Waals surface area contributed by atoms with E-state index in [1.165, 1.54) is 64.2 Å². The number of carbonyl (C=O) groups excluding carboxylic acids is 1. The third-order valence-electron chi connectivity index (χ3n) is 6.37. The van der Waals surface area contributed by atoms with Crippen LogP contribution in [0.3, 0.4) is 0 Å². The fourth-order valence-electron chi connectivity index (χ4n) is 4.01. The number of allylic oxidation sites excluding steroid dienone is 4. The molecule has 0 rings (SSSR count). The number of nitrogens with two attached hydrogens (primary N) is 1. The van der Waals surface area contributed by atoms with E-state index in [1.54, 1.807) is 0 Å². The monoisotopic (exact) mass is 589 g/mol. The quantitative estimate of drug-likeness (QED) is 0.0373. The minimum absolute atomic E-state index is 0.0970. The van der Waals surface area contributed by atoms with Crippen LogP contribution in [0, 0.1) is 0 Å². The summed E-state index contributed by atoms with van der Waals surface area (Å²) in [6.07, 6.45) is 27.8. The normalized spacial score (nSPS) is 14.2. The zero-order chi connectivity index (χ0) is 29.6. The molecule has 0 bridgehead atoms. The molecule has 3 N–H and O–H groups in total. The van der Waals surface area contributed by atoms with Crippen LogP contribution >= 0.6 is 7.82 Å². The molecule has 0 amide bonds. The summed E-state index contributed by atoms with van der Waals surface area (Å²) in [5.41, 5.74) is 5.31. The first-order chi connectivity index (χ1) is 19.4. The molecule has 0 aliphatic carbocycles. The van der Waals surface area contributed by atoms with Gasteiger partial charge < -0.3 is 20.1 Å². The molecule has 236 valence electrons. The van der Waals surface area contributed by atoms with Gasteiger partial charge in [0.15, 0.2) is 0 Å². The minimum Gasteiger partial charge on any atom is -0.457 e. The summed E-state index contributed by atoms with van der Waals surface area (Å²) in [7, 11) is -4.25. The van der Waals surface area contributed by atoms with Crippen LogP contribution in [0.25, 0.3) is 0 Å². The maximum atomic E-state index is 12.3.